The number of piperazine rings is 1. The SMILES string of the molecule is CCCC1CNC(C)(CC)CN1Cc1nccs1. The highest BCUT2D eigenvalue weighted by atomic mass is 32.1. The first-order valence-corrected chi connectivity index (χ1v) is 7.92. The molecule has 0 saturated carbocycles. The van der Waals surface area contributed by atoms with E-state index in [2.05, 4.69) is 41.4 Å². The molecule has 2 unspecified atom stereocenters. The lowest BCUT2D eigenvalue weighted by Gasteiger charge is -2.46. The van der Waals surface area contributed by atoms with Crippen LogP contribution < -0.4 is 5.32 Å². The van der Waals surface area contributed by atoms with Gasteiger partial charge in [-0.2, -0.15) is 0 Å². The summed E-state index contributed by atoms with van der Waals surface area (Å²) in [4.78, 5) is 7.06. The minimum Gasteiger partial charge on any atom is -0.309 e. The Morgan fingerprint density at radius 2 is 2.39 bits per heavy atom. The van der Waals surface area contributed by atoms with E-state index >= 15 is 0 Å². The zero-order valence-electron chi connectivity index (χ0n) is 11.8. The summed E-state index contributed by atoms with van der Waals surface area (Å²) in [6.45, 7) is 10.1. The van der Waals surface area contributed by atoms with Crippen LogP contribution in [0.4, 0.5) is 0 Å². The molecule has 0 spiro atoms. The van der Waals surface area contributed by atoms with Gasteiger partial charge in [-0.1, -0.05) is 20.3 Å². The van der Waals surface area contributed by atoms with Crippen molar-refractivity contribution in [2.45, 2.75) is 58.2 Å². The third-order valence-corrected chi connectivity index (χ3v) is 4.82. The largest absolute Gasteiger partial charge is 0.309 e. The zero-order chi connectivity index (χ0) is 13.0. The number of nitrogens with one attached hydrogen (secondary N) is 1. The second kappa shape index (κ2) is 6.13. The average Bonchev–Trinajstić information content (AvgIpc) is 2.86. The molecule has 2 heterocycles. The molecule has 0 amide bonds. The summed E-state index contributed by atoms with van der Waals surface area (Å²) in [5.74, 6) is 0. The number of hydrogen-bond donors (Lipinski definition) is 1. The van der Waals surface area contributed by atoms with E-state index in [0.29, 0.717) is 6.04 Å². The predicted molar refractivity (Wildman–Crippen MR) is 77.9 cm³/mol. The van der Waals surface area contributed by atoms with E-state index in [0.717, 1.165) is 19.6 Å². The Morgan fingerprint density at radius 1 is 1.56 bits per heavy atom. The van der Waals surface area contributed by atoms with Gasteiger partial charge < -0.3 is 5.32 Å². The van der Waals surface area contributed by atoms with E-state index in [4.69, 9.17) is 0 Å². The molecule has 1 fully saturated rings. The number of aromatic nitrogens is 1. The van der Waals surface area contributed by atoms with Crippen LogP contribution in [0, 0.1) is 0 Å². The number of rotatable bonds is 5. The third-order valence-electron chi connectivity index (χ3n) is 4.06. The molecular formula is C14H25N3S. The molecule has 3 nitrogen and oxygen atoms in total. The smallest absolute Gasteiger partial charge is 0.107 e. The molecule has 1 saturated heterocycles. The molecular weight excluding hydrogens is 242 g/mol. The normalized spacial score (nSPS) is 29.6. The van der Waals surface area contributed by atoms with E-state index in [9.17, 15) is 0 Å². The summed E-state index contributed by atoms with van der Waals surface area (Å²) in [6, 6.07) is 0.665. The van der Waals surface area contributed by atoms with Crippen LogP contribution in [0.15, 0.2) is 11.6 Å². The number of hydrogen-bond acceptors (Lipinski definition) is 4. The first-order chi connectivity index (χ1) is 8.67. The molecule has 18 heavy (non-hydrogen) atoms. The molecule has 1 aromatic heterocycles. The minimum atomic E-state index is 0.265. The Morgan fingerprint density at radius 3 is 3.00 bits per heavy atom. The fraction of sp³-hybridized carbons (Fsp3) is 0.786. The van der Waals surface area contributed by atoms with Crippen molar-refractivity contribution in [3.05, 3.63) is 16.6 Å². The lowest BCUT2D eigenvalue weighted by atomic mass is 9.92. The van der Waals surface area contributed by atoms with Gasteiger partial charge in [0.25, 0.3) is 0 Å². The number of thiazole rings is 1. The fourth-order valence-electron chi connectivity index (χ4n) is 2.67. The predicted octanol–water partition coefficient (Wildman–Crippen LogP) is 2.89. The Kier molecular flexibility index (Phi) is 4.76. The summed E-state index contributed by atoms with van der Waals surface area (Å²) in [7, 11) is 0. The van der Waals surface area contributed by atoms with Gasteiger partial charge in [0.2, 0.25) is 0 Å². The van der Waals surface area contributed by atoms with Crippen molar-refractivity contribution in [1.29, 1.82) is 0 Å². The maximum atomic E-state index is 4.43. The van der Waals surface area contributed by atoms with Gasteiger partial charge in [0, 0.05) is 36.2 Å². The zero-order valence-corrected chi connectivity index (χ0v) is 12.6. The molecule has 0 aromatic carbocycles. The Hall–Kier alpha value is -0.450. The van der Waals surface area contributed by atoms with Gasteiger partial charge in [-0.15, -0.1) is 11.3 Å². The summed E-state index contributed by atoms with van der Waals surface area (Å²) >= 11 is 1.77. The minimum absolute atomic E-state index is 0.265. The molecule has 1 aliphatic rings. The van der Waals surface area contributed by atoms with E-state index in [-0.39, 0.29) is 5.54 Å². The van der Waals surface area contributed by atoms with Crippen LogP contribution >= 0.6 is 11.3 Å². The van der Waals surface area contributed by atoms with Gasteiger partial charge in [0.05, 0.1) is 6.54 Å². The van der Waals surface area contributed by atoms with Crippen LogP contribution in [-0.4, -0.2) is 34.6 Å². The molecule has 102 valence electrons. The maximum absolute atomic E-state index is 4.43. The molecule has 1 N–H and O–H groups in total. The molecule has 4 heteroatoms. The van der Waals surface area contributed by atoms with Crippen molar-refractivity contribution in [2.24, 2.45) is 0 Å². The average molecular weight is 267 g/mol. The molecule has 0 radical (unpaired) electrons. The monoisotopic (exact) mass is 267 g/mol. The van der Waals surface area contributed by atoms with Crippen molar-refractivity contribution < 1.29 is 0 Å². The first-order valence-electron chi connectivity index (χ1n) is 7.04. The van der Waals surface area contributed by atoms with Crippen molar-refractivity contribution in [3.63, 3.8) is 0 Å². The molecule has 0 aliphatic carbocycles. The quantitative estimate of drug-likeness (QED) is 0.889. The molecule has 1 aliphatic heterocycles. The highest BCUT2D eigenvalue weighted by Gasteiger charge is 2.34. The van der Waals surface area contributed by atoms with Crippen LogP contribution in [0.1, 0.15) is 45.0 Å². The number of nitrogens with zero attached hydrogens (tertiary/aromatic N) is 2. The van der Waals surface area contributed by atoms with E-state index in [1.54, 1.807) is 11.3 Å². The lowest BCUT2D eigenvalue weighted by molar-refractivity contribution is 0.0725. The first kappa shape index (κ1) is 14.0. The summed E-state index contributed by atoms with van der Waals surface area (Å²) in [5.41, 5.74) is 0.265. The second-order valence-electron chi connectivity index (χ2n) is 5.57. The Bertz CT molecular complexity index is 352. The molecule has 0 bridgehead atoms. The van der Waals surface area contributed by atoms with E-state index < -0.39 is 0 Å². The van der Waals surface area contributed by atoms with Gasteiger partial charge in [-0.3, -0.25) is 4.90 Å². The fourth-order valence-corrected chi connectivity index (χ4v) is 3.31. The Balaban J connectivity index is 2.04. The van der Waals surface area contributed by atoms with Gasteiger partial charge in [0.1, 0.15) is 5.01 Å². The maximum Gasteiger partial charge on any atom is 0.107 e. The van der Waals surface area contributed by atoms with Crippen LogP contribution in [0.25, 0.3) is 0 Å². The van der Waals surface area contributed by atoms with Crippen molar-refractivity contribution in [2.75, 3.05) is 13.1 Å². The van der Waals surface area contributed by atoms with Crippen LogP contribution in [-0.2, 0) is 6.54 Å². The standard InChI is InChI=1S/C14H25N3S/c1-4-6-12-9-16-14(3,5-2)11-17(12)10-13-15-7-8-18-13/h7-8,12,16H,4-6,9-11H2,1-3H3. The summed E-state index contributed by atoms with van der Waals surface area (Å²) in [6.07, 6.45) is 5.62. The van der Waals surface area contributed by atoms with Crippen molar-refractivity contribution >= 4 is 11.3 Å². The van der Waals surface area contributed by atoms with Crippen LogP contribution in [0.2, 0.25) is 0 Å². The summed E-state index contributed by atoms with van der Waals surface area (Å²) < 4.78 is 0. The highest BCUT2D eigenvalue weighted by Crippen LogP contribution is 2.23. The van der Waals surface area contributed by atoms with Crippen LogP contribution in [0.3, 0.4) is 0 Å². The second-order valence-corrected chi connectivity index (χ2v) is 6.55. The van der Waals surface area contributed by atoms with Crippen LogP contribution in [0.5, 0.6) is 0 Å². The van der Waals surface area contributed by atoms with Gasteiger partial charge >= 0.3 is 0 Å². The molecule has 1 aromatic rings. The van der Waals surface area contributed by atoms with Crippen molar-refractivity contribution in [1.82, 2.24) is 15.2 Å². The van der Waals surface area contributed by atoms with Gasteiger partial charge in [-0.05, 0) is 19.8 Å². The van der Waals surface area contributed by atoms with E-state index in [1.165, 1.54) is 24.3 Å². The lowest BCUT2D eigenvalue weighted by Crippen LogP contribution is -2.62. The highest BCUT2D eigenvalue weighted by molar-refractivity contribution is 7.09. The molecule has 2 atom stereocenters. The van der Waals surface area contributed by atoms with Gasteiger partial charge in [-0.25, -0.2) is 4.98 Å². The van der Waals surface area contributed by atoms with Gasteiger partial charge in [0.15, 0.2) is 0 Å². The topological polar surface area (TPSA) is 28.2 Å². The third kappa shape index (κ3) is 3.31. The summed E-state index contributed by atoms with van der Waals surface area (Å²) in [5, 5.41) is 7.05. The Labute approximate surface area is 115 Å². The molecule has 2 rings (SSSR count). The van der Waals surface area contributed by atoms with Crippen molar-refractivity contribution in [3.8, 4) is 0 Å². The van der Waals surface area contributed by atoms with E-state index in [1.807, 2.05) is 6.20 Å².